The van der Waals surface area contributed by atoms with Crippen molar-refractivity contribution in [1.82, 2.24) is 9.97 Å². The van der Waals surface area contributed by atoms with Crippen LogP contribution in [-0.4, -0.2) is 17.1 Å². The molecule has 0 atom stereocenters. The van der Waals surface area contributed by atoms with Gasteiger partial charge in [0.25, 0.3) is 0 Å². The Morgan fingerprint density at radius 1 is 1.21 bits per heavy atom. The first-order chi connectivity index (χ1) is 9.17. The maximum atomic E-state index is 13.2. The number of hydrogen-bond donors (Lipinski definition) is 1. The number of H-pyrrole nitrogens is 1. The first-order valence-electron chi connectivity index (χ1n) is 5.66. The van der Waals surface area contributed by atoms with E-state index in [0.29, 0.717) is 17.1 Å². The molecule has 0 aliphatic rings. The summed E-state index contributed by atoms with van der Waals surface area (Å²) < 4.78 is 19.4. The normalized spacial score (nSPS) is 10.9. The van der Waals surface area contributed by atoms with E-state index in [1.165, 1.54) is 12.1 Å². The molecule has 96 valence electrons. The largest absolute Gasteiger partial charge is 0.496 e. The number of fused-ring (bicyclic) bond motifs is 1. The smallest absolute Gasteiger partial charge is 0.142 e. The lowest BCUT2D eigenvalue weighted by Crippen LogP contribution is -1.89. The van der Waals surface area contributed by atoms with Crippen LogP contribution in [-0.2, 0) is 0 Å². The van der Waals surface area contributed by atoms with E-state index in [2.05, 4.69) is 25.9 Å². The van der Waals surface area contributed by atoms with Crippen LogP contribution in [0.5, 0.6) is 5.75 Å². The Morgan fingerprint density at radius 3 is 2.84 bits per heavy atom. The van der Waals surface area contributed by atoms with Gasteiger partial charge in [-0.1, -0.05) is 15.9 Å². The molecule has 0 radical (unpaired) electrons. The third kappa shape index (κ3) is 2.21. The molecule has 19 heavy (non-hydrogen) atoms. The molecule has 0 aliphatic carbocycles. The zero-order valence-corrected chi connectivity index (χ0v) is 11.7. The third-order valence-electron chi connectivity index (χ3n) is 2.86. The predicted molar refractivity (Wildman–Crippen MR) is 75.7 cm³/mol. The summed E-state index contributed by atoms with van der Waals surface area (Å²) in [6.07, 6.45) is 0. The highest BCUT2D eigenvalue weighted by Gasteiger charge is 2.11. The molecule has 5 heteroatoms. The minimum absolute atomic E-state index is 0.287. The topological polar surface area (TPSA) is 37.9 Å². The van der Waals surface area contributed by atoms with E-state index in [1.807, 2.05) is 18.2 Å². The minimum Gasteiger partial charge on any atom is -0.496 e. The van der Waals surface area contributed by atoms with Crippen molar-refractivity contribution in [2.24, 2.45) is 0 Å². The summed E-state index contributed by atoms with van der Waals surface area (Å²) in [5, 5.41) is 0. The number of aromatic nitrogens is 2. The van der Waals surface area contributed by atoms with E-state index < -0.39 is 0 Å². The van der Waals surface area contributed by atoms with Gasteiger partial charge < -0.3 is 9.72 Å². The highest BCUT2D eigenvalue weighted by atomic mass is 79.9. The van der Waals surface area contributed by atoms with E-state index in [0.717, 1.165) is 15.6 Å². The fraction of sp³-hybridized carbons (Fsp3) is 0.0714. The lowest BCUT2D eigenvalue weighted by Gasteiger charge is -2.06. The number of ether oxygens (including phenoxy) is 1. The van der Waals surface area contributed by atoms with Crippen LogP contribution in [0.2, 0.25) is 0 Å². The summed E-state index contributed by atoms with van der Waals surface area (Å²) in [4.78, 5) is 7.55. The summed E-state index contributed by atoms with van der Waals surface area (Å²) in [6.45, 7) is 0. The van der Waals surface area contributed by atoms with Crippen molar-refractivity contribution in [3.63, 3.8) is 0 Å². The zero-order chi connectivity index (χ0) is 13.4. The molecular weight excluding hydrogens is 311 g/mol. The van der Waals surface area contributed by atoms with Crippen molar-refractivity contribution in [3.05, 3.63) is 46.7 Å². The molecule has 2 aromatic carbocycles. The molecule has 0 spiro atoms. The lowest BCUT2D eigenvalue weighted by atomic mass is 10.2. The SMILES string of the molecule is COc1cc(Br)ccc1-c1nc2ccc(F)cc2[nH]1. The summed E-state index contributed by atoms with van der Waals surface area (Å²) in [5.41, 5.74) is 2.23. The molecule has 0 bridgehead atoms. The summed E-state index contributed by atoms with van der Waals surface area (Å²) in [7, 11) is 1.60. The summed E-state index contributed by atoms with van der Waals surface area (Å²) in [6, 6.07) is 10.1. The Bertz CT molecular complexity index is 754. The van der Waals surface area contributed by atoms with E-state index in [4.69, 9.17) is 4.74 Å². The number of rotatable bonds is 2. The molecule has 0 amide bonds. The van der Waals surface area contributed by atoms with E-state index >= 15 is 0 Å². The number of aromatic amines is 1. The molecule has 3 nitrogen and oxygen atoms in total. The zero-order valence-electron chi connectivity index (χ0n) is 10.1. The summed E-state index contributed by atoms with van der Waals surface area (Å²) in [5.74, 6) is 1.07. The van der Waals surface area contributed by atoms with Gasteiger partial charge in [0.05, 0.1) is 23.7 Å². The van der Waals surface area contributed by atoms with Crippen LogP contribution >= 0.6 is 15.9 Å². The number of imidazole rings is 1. The fourth-order valence-corrected chi connectivity index (χ4v) is 2.31. The molecule has 0 saturated carbocycles. The van der Waals surface area contributed by atoms with Crippen LogP contribution in [0, 0.1) is 5.82 Å². The molecule has 1 heterocycles. The number of methoxy groups -OCH3 is 1. The highest BCUT2D eigenvalue weighted by Crippen LogP contribution is 2.31. The Labute approximate surface area is 117 Å². The van der Waals surface area contributed by atoms with Crippen molar-refractivity contribution < 1.29 is 9.13 Å². The van der Waals surface area contributed by atoms with Crippen molar-refractivity contribution in [2.75, 3.05) is 7.11 Å². The van der Waals surface area contributed by atoms with E-state index in [1.54, 1.807) is 13.2 Å². The van der Waals surface area contributed by atoms with Gasteiger partial charge in [0.15, 0.2) is 0 Å². The Morgan fingerprint density at radius 2 is 2.05 bits per heavy atom. The number of nitrogens with zero attached hydrogens (tertiary/aromatic N) is 1. The van der Waals surface area contributed by atoms with Crippen molar-refractivity contribution in [2.45, 2.75) is 0 Å². The van der Waals surface area contributed by atoms with Crippen LogP contribution in [0.15, 0.2) is 40.9 Å². The van der Waals surface area contributed by atoms with Crippen LogP contribution in [0.25, 0.3) is 22.4 Å². The van der Waals surface area contributed by atoms with Gasteiger partial charge in [0.1, 0.15) is 17.4 Å². The average molecular weight is 321 g/mol. The maximum absolute atomic E-state index is 13.2. The number of benzene rings is 2. The highest BCUT2D eigenvalue weighted by molar-refractivity contribution is 9.10. The molecule has 1 aromatic heterocycles. The molecule has 0 saturated heterocycles. The van der Waals surface area contributed by atoms with Crippen molar-refractivity contribution in [3.8, 4) is 17.1 Å². The van der Waals surface area contributed by atoms with Gasteiger partial charge in [-0.3, -0.25) is 0 Å². The molecule has 3 aromatic rings. The van der Waals surface area contributed by atoms with Crippen LogP contribution in [0.1, 0.15) is 0 Å². The first kappa shape index (κ1) is 12.2. The second-order valence-electron chi connectivity index (χ2n) is 4.09. The Kier molecular flexibility index (Phi) is 2.98. The van der Waals surface area contributed by atoms with Gasteiger partial charge in [-0.2, -0.15) is 0 Å². The number of halogens is 2. The molecule has 0 unspecified atom stereocenters. The molecule has 0 aliphatic heterocycles. The standard InChI is InChI=1S/C14H10BrFN2O/c1-19-13-6-8(15)2-4-10(13)14-17-11-5-3-9(16)7-12(11)18-14/h2-7H,1H3,(H,17,18). The van der Waals surface area contributed by atoms with E-state index in [9.17, 15) is 4.39 Å². The van der Waals surface area contributed by atoms with Gasteiger partial charge >= 0.3 is 0 Å². The Balaban J connectivity index is 2.18. The van der Waals surface area contributed by atoms with Gasteiger partial charge in [0.2, 0.25) is 0 Å². The fourth-order valence-electron chi connectivity index (χ4n) is 1.97. The van der Waals surface area contributed by atoms with Crippen molar-refractivity contribution >= 4 is 27.0 Å². The van der Waals surface area contributed by atoms with Gasteiger partial charge in [-0.05, 0) is 36.4 Å². The van der Waals surface area contributed by atoms with Crippen molar-refractivity contribution in [1.29, 1.82) is 0 Å². The predicted octanol–water partition coefficient (Wildman–Crippen LogP) is 4.14. The maximum Gasteiger partial charge on any atom is 0.142 e. The number of nitrogens with one attached hydrogen (secondary N) is 1. The molecule has 0 fully saturated rings. The monoisotopic (exact) mass is 320 g/mol. The molecule has 3 rings (SSSR count). The van der Waals surface area contributed by atoms with Gasteiger partial charge in [0, 0.05) is 4.47 Å². The minimum atomic E-state index is -0.287. The van der Waals surface area contributed by atoms with Gasteiger partial charge in [-0.15, -0.1) is 0 Å². The van der Waals surface area contributed by atoms with Crippen LogP contribution in [0.3, 0.4) is 0 Å². The molecule has 1 N–H and O–H groups in total. The van der Waals surface area contributed by atoms with Crippen LogP contribution in [0.4, 0.5) is 4.39 Å². The average Bonchev–Trinajstić information content (AvgIpc) is 2.81. The van der Waals surface area contributed by atoms with Gasteiger partial charge in [-0.25, -0.2) is 9.37 Å². The first-order valence-corrected chi connectivity index (χ1v) is 6.46. The number of hydrogen-bond acceptors (Lipinski definition) is 2. The second kappa shape index (κ2) is 4.66. The van der Waals surface area contributed by atoms with Crippen LogP contribution < -0.4 is 4.74 Å². The lowest BCUT2D eigenvalue weighted by molar-refractivity contribution is 0.416. The Hall–Kier alpha value is -1.88. The molecular formula is C14H10BrFN2O. The summed E-state index contributed by atoms with van der Waals surface area (Å²) >= 11 is 3.39. The quantitative estimate of drug-likeness (QED) is 0.770. The third-order valence-corrected chi connectivity index (χ3v) is 3.36. The van der Waals surface area contributed by atoms with E-state index in [-0.39, 0.29) is 5.82 Å². The second-order valence-corrected chi connectivity index (χ2v) is 5.01.